The number of phenols is 1. The molecule has 0 spiro atoms. The fraction of sp³-hybridized carbons (Fsp3) is 0.720. The Kier molecular flexibility index (Phi) is 22.8. The smallest absolute Gasteiger partial charge is 0.407 e. The number of nitrogens with zero attached hydrogens (tertiary/aromatic N) is 3. The lowest BCUT2D eigenvalue weighted by Crippen LogP contribution is -2.59. The quantitative estimate of drug-likeness (QED) is 0.0538. The molecule has 0 aliphatic carbocycles. The number of ether oxygens (including phenoxy) is 2. The number of amides is 4. The third-order valence-corrected chi connectivity index (χ3v) is 13.3. The Balaban J connectivity index is 1.89. The minimum Gasteiger partial charge on any atom is -0.508 e. The number of aromatic nitrogens is 1. The lowest BCUT2D eigenvalue weighted by atomic mass is 9.84. The fourth-order valence-electron chi connectivity index (χ4n) is 8.44. The summed E-state index contributed by atoms with van der Waals surface area (Å²) in [4.78, 5) is 76.6. The molecule has 1 aliphatic rings. The molecule has 2 heterocycles. The van der Waals surface area contributed by atoms with Gasteiger partial charge in [0.25, 0.3) is 5.91 Å². The Bertz CT molecular complexity index is 1830. The zero-order chi connectivity index (χ0) is 49.2. The highest BCUT2D eigenvalue weighted by atomic mass is 32.1. The molecule has 3 rings (SSSR count). The molecule has 66 heavy (non-hydrogen) atoms. The number of thiazole rings is 1. The van der Waals surface area contributed by atoms with E-state index in [0.29, 0.717) is 63.5 Å². The summed E-state index contributed by atoms with van der Waals surface area (Å²) in [6, 6.07) is 4.58. The van der Waals surface area contributed by atoms with Crippen molar-refractivity contribution in [3.8, 4) is 5.75 Å². The molecule has 2 aromatic rings. The van der Waals surface area contributed by atoms with Gasteiger partial charge in [-0.25, -0.2) is 9.78 Å². The van der Waals surface area contributed by atoms with Crippen LogP contribution in [0.15, 0.2) is 29.6 Å². The molecular weight excluding hydrogens is 861 g/mol. The van der Waals surface area contributed by atoms with Gasteiger partial charge in [0, 0.05) is 50.1 Å². The molecule has 1 saturated heterocycles. The number of unbranched alkanes of at least 4 members (excludes halogenated alkanes) is 3. The highest BCUT2D eigenvalue weighted by Crippen LogP contribution is 2.32. The summed E-state index contributed by atoms with van der Waals surface area (Å²) in [5, 5.41) is 31.1. The summed E-state index contributed by atoms with van der Waals surface area (Å²) in [5.41, 5.74) is -0.719. The molecule has 0 radical (unpaired) electrons. The minimum absolute atomic E-state index is 0.00338. The second kappa shape index (κ2) is 26.9. The van der Waals surface area contributed by atoms with Crippen molar-refractivity contribution in [2.45, 2.75) is 183 Å². The summed E-state index contributed by atoms with van der Waals surface area (Å²) in [6.07, 6.45) is 6.87. The zero-order valence-electron chi connectivity index (χ0n) is 41.7. The number of aromatic hydroxyl groups is 1. The van der Waals surface area contributed by atoms with Crippen molar-refractivity contribution in [2.24, 2.45) is 17.3 Å². The van der Waals surface area contributed by atoms with E-state index in [1.54, 1.807) is 43.5 Å². The van der Waals surface area contributed by atoms with Gasteiger partial charge in [0.2, 0.25) is 11.8 Å². The second-order valence-corrected chi connectivity index (χ2v) is 20.8. The molecule has 0 saturated carbocycles. The molecule has 5 N–H and O–H groups in total. The number of phenolic OH excluding ortho intramolecular Hbond substituents is 1. The first-order valence-electron chi connectivity index (χ1n) is 24.3. The Labute approximate surface area is 398 Å². The van der Waals surface area contributed by atoms with Gasteiger partial charge in [-0.3, -0.25) is 24.1 Å². The van der Waals surface area contributed by atoms with E-state index in [9.17, 15) is 29.4 Å². The van der Waals surface area contributed by atoms with Crippen molar-refractivity contribution in [2.75, 3.05) is 32.8 Å². The summed E-state index contributed by atoms with van der Waals surface area (Å²) in [7, 11) is 0. The molecule has 4 amide bonds. The van der Waals surface area contributed by atoms with E-state index in [-0.39, 0.29) is 47.6 Å². The number of alkyl carbamates (subject to hydrolysis) is 1. The van der Waals surface area contributed by atoms with Crippen LogP contribution in [0.5, 0.6) is 5.75 Å². The number of likely N-dealkylation sites (tertiary alicyclic amines) is 1. The van der Waals surface area contributed by atoms with Gasteiger partial charge in [-0.15, -0.1) is 11.3 Å². The van der Waals surface area contributed by atoms with Gasteiger partial charge in [0.15, 0.2) is 0 Å². The van der Waals surface area contributed by atoms with Gasteiger partial charge < -0.3 is 40.5 Å². The molecular formula is C50H82N6O9S. The number of carbonyl (C=O) groups excluding carboxylic acids is 4. The molecule has 0 bridgehead atoms. The highest BCUT2D eigenvalue weighted by Gasteiger charge is 2.39. The van der Waals surface area contributed by atoms with Crippen molar-refractivity contribution in [3.63, 3.8) is 0 Å². The Morgan fingerprint density at radius 1 is 0.970 bits per heavy atom. The maximum atomic E-state index is 15.2. The van der Waals surface area contributed by atoms with Crippen LogP contribution in [0.1, 0.15) is 168 Å². The van der Waals surface area contributed by atoms with Crippen molar-refractivity contribution < 1.29 is 43.7 Å². The number of hydrogen-bond donors (Lipinski definition) is 5. The molecule has 6 atom stereocenters. The zero-order valence-corrected chi connectivity index (χ0v) is 42.6. The predicted molar refractivity (Wildman–Crippen MR) is 260 cm³/mol. The van der Waals surface area contributed by atoms with Crippen LogP contribution in [0.3, 0.4) is 0 Å². The number of carboxylic acids is 1. The summed E-state index contributed by atoms with van der Waals surface area (Å²) in [6.45, 7) is 23.4. The van der Waals surface area contributed by atoms with E-state index >= 15 is 4.79 Å². The number of aliphatic carboxylic acids is 1. The van der Waals surface area contributed by atoms with Crippen molar-refractivity contribution >= 4 is 41.1 Å². The average Bonchev–Trinajstić information content (AvgIpc) is 3.75. The third kappa shape index (κ3) is 18.1. The molecule has 2 unspecified atom stereocenters. The number of nitrogens with one attached hydrogen (secondary N) is 3. The summed E-state index contributed by atoms with van der Waals surface area (Å²) in [5.74, 6) is -1.76. The molecule has 1 aliphatic heterocycles. The number of piperidine rings is 1. The van der Waals surface area contributed by atoms with Crippen LogP contribution in [-0.2, 0) is 30.3 Å². The fourth-order valence-corrected chi connectivity index (χ4v) is 9.30. The molecule has 372 valence electrons. The monoisotopic (exact) mass is 943 g/mol. The van der Waals surface area contributed by atoms with Crippen molar-refractivity contribution in [1.29, 1.82) is 0 Å². The van der Waals surface area contributed by atoms with E-state index in [2.05, 4.69) is 41.6 Å². The van der Waals surface area contributed by atoms with Crippen LogP contribution in [0.4, 0.5) is 4.79 Å². The minimum atomic E-state index is -1.12. The lowest BCUT2D eigenvalue weighted by Gasteiger charge is -2.40. The standard InChI is InChI=1S/C50H82N6O9S/c1-12-15-16-18-27-56(46(60)42(34(6)13-2)54-44(59)39-20-17-19-26-55(39)28-25-51-48(63)65-49(7,8)9)40(33(4)5)30-41(64-14-3)45-53-38(32-66-45)43(58)52-36(31-50(10,11)47(61)62)29-35-21-23-37(57)24-22-35/h21-24,32-34,36,39-42,57H,12-20,25-31H2,1-11H3,(H,51,63)(H,52,58)(H,54,59)(H,61,62)/t34-,36?,39?,40+,41+,42-/m0/s1. The van der Waals surface area contributed by atoms with Gasteiger partial charge in [0.05, 0.1) is 11.5 Å². The van der Waals surface area contributed by atoms with Gasteiger partial charge in [-0.1, -0.05) is 78.9 Å². The van der Waals surface area contributed by atoms with Gasteiger partial charge >= 0.3 is 12.1 Å². The van der Waals surface area contributed by atoms with Crippen LogP contribution in [0.25, 0.3) is 0 Å². The van der Waals surface area contributed by atoms with E-state index in [1.807, 2.05) is 46.4 Å². The van der Waals surface area contributed by atoms with E-state index in [4.69, 9.17) is 14.5 Å². The number of hydrogen-bond acceptors (Lipinski definition) is 11. The van der Waals surface area contributed by atoms with Crippen LogP contribution in [0, 0.1) is 17.3 Å². The largest absolute Gasteiger partial charge is 0.508 e. The van der Waals surface area contributed by atoms with Crippen LogP contribution in [0.2, 0.25) is 0 Å². The van der Waals surface area contributed by atoms with Crippen LogP contribution in [-0.4, -0.2) is 117 Å². The van der Waals surface area contributed by atoms with E-state index < -0.39 is 53.2 Å². The van der Waals surface area contributed by atoms with Gasteiger partial charge in [-0.2, -0.15) is 0 Å². The maximum absolute atomic E-state index is 15.2. The molecule has 1 aromatic carbocycles. The van der Waals surface area contributed by atoms with Crippen LogP contribution < -0.4 is 16.0 Å². The van der Waals surface area contributed by atoms with Gasteiger partial charge in [-0.05, 0) is 110 Å². The first kappa shape index (κ1) is 56.0. The summed E-state index contributed by atoms with van der Waals surface area (Å²) >= 11 is 1.31. The van der Waals surface area contributed by atoms with Gasteiger partial charge in [0.1, 0.15) is 34.2 Å². The average molecular weight is 943 g/mol. The lowest BCUT2D eigenvalue weighted by molar-refractivity contribution is -0.147. The van der Waals surface area contributed by atoms with Crippen molar-refractivity contribution in [3.05, 3.63) is 45.9 Å². The number of benzene rings is 1. The highest BCUT2D eigenvalue weighted by molar-refractivity contribution is 7.09. The first-order chi connectivity index (χ1) is 31.1. The predicted octanol–water partition coefficient (Wildman–Crippen LogP) is 8.50. The van der Waals surface area contributed by atoms with Crippen molar-refractivity contribution in [1.82, 2.24) is 30.7 Å². The Morgan fingerprint density at radius 2 is 1.67 bits per heavy atom. The van der Waals surface area contributed by atoms with Crippen LogP contribution >= 0.6 is 11.3 Å². The number of carboxylic acid groups (broad SMARTS) is 1. The Morgan fingerprint density at radius 3 is 2.27 bits per heavy atom. The topological polar surface area (TPSA) is 200 Å². The molecule has 15 nitrogen and oxygen atoms in total. The summed E-state index contributed by atoms with van der Waals surface area (Å²) < 4.78 is 11.8. The second-order valence-electron chi connectivity index (χ2n) is 19.9. The normalized spacial score (nSPS) is 17.0. The van der Waals surface area contributed by atoms with E-state index in [1.165, 1.54) is 11.3 Å². The SMILES string of the molecule is CCCCCCN(C(=O)[C@@H](NC(=O)C1CCCCN1CCNC(=O)OC(C)(C)C)[C@@H](C)CC)[C@H](C[C@@H](OCC)c1nc(C(=O)NC(Cc2ccc(O)cc2)CC(C)(C)C(=O)O)cs1)C(C)C. The number of rotatable bonds is 27. The maximum Gasteiger partial charge on any atom is 0.407 e. The molecule has 1 fully saturated rings. The third-order valence-electron chi connectivity index (χ3n) is 12.4. The first-order valence-corrected chi connectivity index (χ1v) is 25.2. The Hall–Kier alpha value is -4.28. The number of carbonyl (C=O) groups is 5. The van der Waals surface area contributed by atoms with E-state index in [0.717, 1.165) is 44.1 Å². The molecule has 1 aromatic heterocycles. The molecule has 16 heteroatoms.